The largest absolute Gasteiger partial charge is 1.00 e. The van der Waals surface area contributed by atoms with Crippen LogP contribution < -0.4 is 144 Å². The quantitative estimate of drug-likeness (QED) is 0.0118. The molecule has 25 nitrogen and oxygen atoms in total. The Bertz CT molecular complexity index is 2480. The molecule has 322 valence electrons. The molecule has 35 heteroatoms. The van der Waals surface area contributed by atoms with Crippen LogP contribution in [0.3, 0.4) is 0 Å². The van der Waals surface area contributed by atoms with Crippen molar-refractivity contribution >= 4 is 106 Å². The minimum Gasteiger partial charge on any atom is -0.747 e. The van der Waals surface area contributed by atoms with Crippen molar-refractivity contribution < 1.29 is 210 Å². The summed E-state index contributed by atoms with van der Waals surface area (Å²) in [5.41, 5.74) is -1.21. The number of rotatable bonds is 25. The molecular weight excluding hydrogens is 1010 g/mol. The van der Waals surface area contributed by atoms with Crippen LogP contribution in [-0.2, 0) is 66.3 Å². The molecule has 63 heavy (non-hydrogen) atoms. The van der Waals surface area contributed by atoms with Crippen LogP contribution in [0.1, 0.15) is 0 Å². The number of hydrogen-bond donors (Lipinski definition) is 2. The number of anilines is 1. The smallest absolute Gasteiger partial charge is 0.747 e. The van der Waals surface area contributed by atoms with Crippen molar-refractivity contribution in [3.63, 3.8) is 0 Å². The normalized spacial score (nSPS) is 11.8. The molecule has 0 aromatic heterocycles. The van der Waals surface area contributed by atoms with Gasteiger partial charge in [0.2, 0.25) is 0 Å². The summed E-state index contributed by atoms with van der Waals surface area (Å²) in [4.78, 5) is -0.814. The van der Waals surface area contributed by atoms with E-state index in [0.717, 1.165) is 6.07 Å². The van der Waals surface area contributed by atoms with E-state index >= 15 is 0 Å². The van der Waals surface area contributed by atoms with E-state index in [4.69, 9.17) is 13.1 Å². The number of benzene rings is 4. The molecule has 0 radical (unpaired) electrons. The zero-order valence-corrected chi connectivity index (χ0v) is 46.2. The number of nitrogens with one attached hydrogen (secondary N) is 1. The molecule has 4 aromatic carbocycles. The van der Waals surface area contributed by atoms with E-state index in [1.54, 1.807) is 0 Å². The van der Waals surface area contributed by atoms with Crippen LogP contribution in [-0.4, -0.2) is 72.6 Å². The zero-order valence-electron chi connectivity index (χ0n) is 33.3. The molecule has 4 aromatic rings. The standard InChI is InChI=1S/C28H29N5O20S6.4Na/c1-45-23-9-6-17(57(38,39)12-10-46-55-52-49-36)14-22(23)31-33-27-24(54-51-48-35)15-19-18(28(27)34)7-8-21(29-16-59(42,43)44)26(19)32-30-20-4-2-3-5-25(20)58(40,41)13-11-47-56-53-50-37;;;;/h2-9,14-15,29,34-37H,10-13,16H2,1H3,(H,42,43,44);;;;/q;4*+1/p-4. The molecule has 0 aliphatic heterocycles. The molecule has 0 fully saturated rings. The van der Waals surface area contributed by atoms with Gasteiger partial charge in [-0.3, -0.25) is 23.5 Å². The van der Waals surface area contributed by atoms with Gasteiger partial charge in [-0.2, -0.15) is 4.33 Å². The maximum Gasteiger partial charge on any atom is 1.00 e. The third-order valence-electron chi connectivity index (χ3n) is 7.10. The summed E-state index contributed by atoms with van der Waals surface area (Å²) < 4.78 is 114. The Morgan fingerprint density at radius 2 is 1.27 bits per heavy atom. The molecule has 0 bridgehead atoms. The van der Waals surface area contributed by atoms with E-state index in [1.165, 1.54) is 61.7 Å². The number of azo groups is 2. The van der Waals surface area contributed by atoms with E-state index in [2.05, 4.69) is 53.9 Å². The van der Waals surface area contributed by atoms with Gasteiger partial charge in [-0.05, 0) is 48.5 Å². The van der Waals surface area contributed by atoms with Crippen LogP contribution in [0, 0.1) is 0 Å². The monoisotopic (exact) mass is 1030 g/mol. The molecule has 0 saturated carbocycles. The summed E-state index contributed by atoms with van der Waals surface area (Å²) >= 11 is 0.429. The Balaban J connectivity index is 0.00000961. The molecule has 0 aliphatic carbocycles. The van der Waals surface area contributed by atoms with Gasteiger partial charge in [-0.1, -0.05) is 12.1 Å². The minimum absolute atomic E-state index is 0. The second-order valence-corrected chi connectivity index (χ2v) is 18.0. The van der Waals surface area contributed by atoms with E-state index in [1.807, 2.05) is 0 Å². The van der Waals surface area contributed by atoms with Crippen LogP contribution in [0.4, 0.5) is 28.4 Å². The number of hydrogen-bond acceptors (Lipinski definition) is 28. The molecule has 0 aliphatic rings. The SMILES string of the molecule is COc1ccc(S(=O)(=O)CCOSOO[O-])cc1N=Nc1c(SOO[O-])cc2c(N=Nc3ccccc3S(=O)(=O)CCOSOO[O-])c(NCS(=O)(=O)[O-])ccc2c1O.[Na+].[Na+].[Na+].[Na+]. The molecular formula is C28H25N5Na4O20S6. The van der Waals surface area contributed by atoms with Crippen molar-refractivity contribution in [2.24, 2.45) is 20.5 Å². The average Bonchev–Trinajstić information content (AvgIpc) is 3.20. The molecule has 0 heterocycles. The van der Waals surface area contributed by atoms with E-state index < -0.39 is 71.8 Å². The van der Waals surface area contributed by atoms with Gasteiger partial charge in [0.1, 0.15) is 44.5 Å². The van der Waals surface area contributed by atoms with Crippen LogP contribution in [0.5, 0.6) is 11.5 Å². The Morgan fingerprint density at radius 3 is 1.87 bits per heavy atom. The predicted octanol–water partition coefficient (Wildman–Crippen LogP) is -9.30. The Hall–Kier alpha value is 0.160. The number of methoxy groups -OCH3 is 1. The number of sulfone groups is 2. The third-order valence-corrected chi connectivity index (χ3v) is 12.4. The van der Waals surface area contributed by atoms with Crippen LogP contribution in [0.2, 0.25) is 0 Å². The Labute approximate surface area is 460 Å². The van der Waals surface area contributed by atoms with Gasteiger partial charge in [-0.25, -0.2) is 25.3 Å². The summed E-state index contributed by atoms with van der Waals surface area (Å²) in [6, 6.07) is 12.5. The van der Waals surface area contributed by atoms with Crippen molar-refractivity contribution in [2.75, 3.05) is 43.0 Å². The minimum atomic E-state index is -4.88. The van der Waals surface area contributed by atoms with E-state index in [9.17, 15) is 50.7 Å². The number of aromatic hydroxyl groups is 1. The van der Waals surface area contributed by atoms with Gasteiger partial charge in [-0.15, -0.1) is 29.1 Å². The second kappa shape index (κ2) is 31.3. The molecule has 4 rings (SSSR count). The number of fused-ring (bicyclic) bond motifs is 1. The molecule has 2 N–H and O–H groups in total. The molecule has 0 atom stereocenters. The Kier molecular flexibility index (Phi) is 31.4. The maximum atomic E-state index is 13.2. The van der Waals surface area contributed by atoms with E-state index in [-0.39, 0.29) is 209 Å². The van der Waals surface area contributed by atoms with Gasteiger partial charge in [0, 0.05) is 10.8 Å². The molecule has 0 spiro atoms. The maximum absolute atomic E-state index is 13.2. The summed E-state index contributed by atoms with van der Waals surface area (Å²) in [6.07, 6.45) is 0. The first kappa shape index (κ1) is 63.2. The second-order valence-electron chi connectivity index (χ2n) is 10.6. The van der Waals surface area contributed by atoms with Crippen molar-refractivity contribution in [1.82, 2.24) is 0 Å². The van der Waals surface area contributed by atoms with Gasteiger partial charge in [0.25, 0.3) is 0 Å². The summed E-state index contributed by atoms with van der Waals surface area (Å²) in [7, 11) is -11.8. The average molecular weight is 1040 g/mol. The molecule has 0 saturated heterocycles. The third kappa shape index (κ3) is 19.6. The first-order chi connectivity index (χ1) is 28.2. The zero-order chi connectivity index (χ0) is 43.1. The van der Waals surface area contributed by atoms with Gasteiger partial charge < -0.3 is 35.5 Å². The Morgan fingerprint density at radius 1 is 0.683 bits per heavy atom. The van der Waals surface area contributed by atoms with Crippen LogP contribution >= 0.6 is 36.7 Å². The summed E-state index contributed by atoms with van der Waals surface area (Å²) in [6.45, 7) is -0.877. The van der Waals surface area contributed by atoms with Crippen molar-refractivity contribution in [1.29, 1.82) is 0 Å². The van der Waals surface area contributed by atoms with Crippen LogP contribution in [0.15, 0.2) is 95.8 Å². The number of ether oxygens (including phenoxy) is 1. The van der Waals surface area contributed by atoms with E-state index in [0.29, 0.717) is 0 Å². The van der Waals surface area contributed by atoms with Crippen LogP contribution in [0.25, 0.3) is 10.8 Å². The summed E-state index contributed by atoms with van der Waals surface area (Å²) in [5, 5.41) is 70.5. The van der Waals surface area contributed by atoms with Gasteiger partial charge >= 0.3 is 118 Å². The first-order valence-electron chi connectivity index (χ1n) is 15.3. The number of phenolic OH excluding ortho intramolecular Hbond substituents is 1. The fraction of sp³-hybridized carbons (Fsp3) is 0.214. The first-order valence-corrected chi connectivity index (χ1v) is 22.3. The van der Waals surface area contributed by atoms with Crippen molar-refractivity contribution in [3.05, 3.63) is 60.7 Å². The van der Waals surface area contributed by atoms with Crippen molar-refractivity contribution in [2.45, 2.75) is 14.7 Å². The molecule has 0 amide bonds. The summed E-state index contributed by atoms with van der Waals surface area (Å²) in [5.74, 6) is -2.99. The fourth-order valence-corrected chi connectivity index (χ4v) is 8.42. The number of nitrogens with zero attached hydrogens (tertiary/aromatic N) is 4. The topological polar surface area (TPSA) is 359 Å². The van der Waals surface area contributed by atoms with Gasteiger partial charge in [0.15, 0.2) is 50.1 Å². The number of phenols is 1. The molecule has 0 unspecified atom stereocenters. The predicted molar refractivity (Wildman–Crippen MR) is 195 cm³/mol. The fourth-order valence-electron chi connectivity index (χ4n) is 4.63. The van der Waals surface area contributed by atoms with Crippen molar-refractivity contribution in [3.8, 4) is 11.5 Å². The van der Waals surface area contributed by atoms with Gasteiger partial charge in [0.05, 0.1) is 64.2 Å².